The van der Waals surface area contributed by atoms with Crippen molar-refractivity contribution < 1.29 is 9.66 Å². The largest absolute Gasteiger partial charge is 0.497 e. The van der Waals surface area contributed by atoms with Crippen molar-refractivity contribution in [3.8, 4) is 17.1 Å². The molecule has 8 nitrogen and oxygen atoms in total. The van der Waals surface area contributed by atoms with Crippen molar-refractivity contribution in [2.75, 3.05) is 12.4 Å². The normalized spacial score (nSPS) is 10.6. The molecule has 0 aliphatic rings. The highest BCUT2D eigenvalue weighted by Gasteiger charge is 2.14. The fourth-order valence-electron chi connectivity index (χ4n) is 2.79. The van der Waals surface area contributed by atoms with Gasteiger partial charge in [-0.15, -0.1) is 0 Å². The molecule has 0 atom stereocenters. The first-order chi connectivity index (χ1) is 13.6. The summed E-state index contributed by atoms with van der Waals surface area (Å²) in [4.78, 5) is 24.0. The summed E-state index contributed by atoms with van der Waals surface area (Å²) in [5, 5.41) is 15.0. The van der Waals surface area contributed by atoms with Crippen molar-refractivity contribution in [3.63, 3.8) is 0 Å². The van der Waals surface area contributed by atoms with E-state index in [1.807, 2.05) is 30.3 Å². The van der Waals surface area contributed by atoms with E-state index in [2.05, 4.69) is 20.3 Å². The van der Waals surface area contributed by atoms with Gasteiger partial charge in [0, 0.05) is 47.2 Å². The summed E-state index contributed by atoms with van der Waals surface area (Å²) >= 11 is 0. The summed E-state index contributed by atoms with van der Waals surface area (Å²) in [7, 11) is 1.59. The topological polar surface area (TPSA) is 103 Å². The number of fused-ring (bicyclic) bond motifs is 1. The third kappa shape index (κ3) is 3.43. The highest BCUT2D eigenvalue weighted by Crippen LogP contribution is 2.30. The third-order valence-corrected chi connectivity index (χ3v) is 4.14. The Hall–Kier alpha value is -4.07. The SMILES string of the molecule is COc1cccc(Nc2nc(-c3cccnc3)nc3ccc([N+](=O)[O-])cc23)c1. The first kappa shape index (κ1) is 17.3. The molecular weight excluding hydrogens is 358 g/mol. The molecule has 0 unspecified atom stereocenters. The van der Waals surface area contributed by atoms with Crippen LogP contribution in [-0.2, 0) is 0 Å². The second-order valence-electron chi connectivity index (χ2n) is 5.95. The number of non-ortho nitro benzene ring substituents is 1. The van der Waals surface area contributed by atoms with Crippen molar-refractivity contribution in [2.45, 2.75) is 0 Å². The van der Waals surface area contributed by atoms with Crippen LogP contribution in [0.1, 0.15) is 0 Å². The number of ether oxygens (including phenoxy) is 1. The molecule has 0 spiro atoms. The molecule has 0 radical (unpaired) electrons. The van der Waals surface area contributed by atoms with E-state index < -0.39 is 4.92 Å². The molecule has 8 heteroatoms. The van der Waals surface area contributed by atoms with Crippen molar-refractivity contribution >= 4 is 28.1 Å². The Labute approximate surface area is 160 Å². The Morgan fingerprint density at radius 1 is 1.07 bits per heavy atom. The number of pyridine rings is 1. The van der Waals surface area contributed by atoms with Crippen LogP contribution in [0.3, 0.4) is 0 Å². The molecule has 0 saturated heterocycles. The fourth-order valence-corrected chi connectivity index (χ4v) is 2.79. The van der Waals surface area contributed by atoms with Gasteiger partial charge in [-0.25, -0.2) is 9.97 Å². The molecule has 0 fully saturated rings. The second-order valence-corrected chi connectivity index (χ2v) is 5.95. The van der Waals surface area contributed by atoms with Gasteiger partial charge < -0.3 is 10.1 Å². The Bertz CT molecular complexity index is 1170. The van der Waals surface area contributed by atoms with Crippen molar-refractivity contribution in [2.24, 2.45) is 0 Å². The number of anilines is 2. The summed E-state index contributed by atoms with van der Waals surface area (Å²) < 4.78 is 5.25. The Kier molecular flexibility index (Phi) is 4.51. The van der Waals surface area contributed by atoms with Crippen LogP contribution in [0.15, 0.2) is 67.0 Å². The van der Waals surface area contributed by atoms with Crippen LogP contribution in [0.2, 0.25) is 0 Å². The number of hydrogen-bond donors (Lipinski definition) is 1. The molecule has 4 rings (SSSR count). The van der Waals surface area contributed by atoms with Gasteiger partial charge in [-0.2, -0.15) is 0 Å². The van der Waals surface area contributed by atoms with Gasteiger partial charge in [-0.05, 0) is 30.3 Å². The minimum atomic E-state index is -0.441. The fraction of sp³-hybridized carbons (Fsp3) is 0.0500. The standard InChI is InChI=1S/C20H15N5O3/c1-28-16-6-2-5-14(10-16)22-20-17-11-15(25(26)27)7-8-18(17)23-19(24-20)13-4-3-9-21-12-13/h2-12H,1H3,(H,22,23,24). The Morgan fingerprint density at radius 3 is 2.71 bits per heavy atom. The monoisotopic (exact) mass is 373 g/mol. The highest BCUT2D eigenvalue weighted by molar-refractivity contribution is 5.93. The maximum atomic E-state index is 11.2. The van der Waals surface area contributed by atoms with Crippen molar-refractivity contribution in [3.05, 3.63) is 77.1 Å². The number of nitro benzene ring substituents is 1. The number of methoxy groups -OCH3 is 1. The maximum absolute atomic E-state index is 11.2. The zero-order valence-electron chi connectivity index (χ0n) is 14.9. The number of nitrogens with one attached hydrogen (secondary N) is 1. The molecular formula is C20H15N5O3. The quantitative estimate of drug-likeness (QED) is 0.410. The molecule has 4 aromatic rings. The molecule has 2 aromatic carbocycles. The lowest BCUT2D eigenvalue weighted by Crippen LogP contribution is -2.00. The van der Waals surface area contributed by atoms with Crippen LogP contribution in [0, 0.1) is 10.1 Å². The molecule has 138 valence electrons. The van der Waals surface area contributed by atoms with E-state index in [0.717, 1.165) is 11.3 Å². The summed E-state index contributed by atoms with van der Waals surface area (Å²) in [6, 6.07) is 15.5. The van der Waals surface area contributed by atoms with Crippen LogP contribution < -0.4 is 10.1 Å². The first-order valence-electron chi connectivity index (χ1n) is 8.42. The average molecular weight is 373 g/mol. The first-order valence-corrected chi connectivity index (χ1v) is 8.42. The summed E-state index contributed by atoms with van der Waals surface area (Å²) in [6.45, 7) is 0. The van der Waals surface area contributed by atoms with Crippen molar-refractivity contribution in [1.82, 2.24) is 15.0 Å². The van der Waals surface area contributed by atoms with E-state index >= 15 is 0 Å². The highest BCUT2D eigenvalue weighted by atomic mass is 16.6. The summed E-state index contributed by atoms with van der Waals surface area (Å²) in [5.74, 6) is 1.61. The molecule has 0 bridgehead atoms. The molecule has 2 aromatic heterocycles. The van der Waals surface area contributed by atoms with Gasteiger partial charge in [-0.3, -0.25) is 15.1 Å². The van der Waals surface area contributed by atoms with Crippen molar-refractivity contribution in [1.29, 1.82) is 0 Å². The maximum Gasteiger partial charge on any atom is 0.270 e. The summed E-state index contributed by atoms with van der Waals surface area (Å²) in [5.41, 5.74) is 2.04. The smallest absolute Gasteiger partial charge is 0.270 e. The van der Waals surface area contributed by atoms with Crippen LogP contribution in [0.5, 0.6) is 5.75 Å². The number of benzene rings is 2. The second kappa shape index (κ2) is 7.28. The minimum Gasteiger partial charge on any atom is -0.497 e. The molecule has 2 heterocycles. The van der Waals surface area contributed by atoms with Crippen LogP contribution in [0.25, 0.3) is 22.3 Å². The Balaban J connectivity index is 1.89. The van der Waals surface area contributed by atoms with E-state index in [-0.39, 0.29) is 5.69 Å². The van der Waals surface area contributed by atoms with Crippen LogP contribution in [-0.4, -0.2) is 27.0 Å². The zero-order valence-corrected chi connectivity index (χ0v) is 14.9. The number of rotatable bonds is 5. The molecule has 0 amide bonds. The summed E-state index contributed by atoms with van der Waals surface area (Å²) in [6.07, 6.45) is 3.34. The zero-order chi connectivity index (χ0) is 19.5. The van der Waals surface area contributed by atoms with Gasteiger partial charge in [0.2, 0.25) is 0 Å². The van der Waals surface area contributed by atoms with E-state index in [4.69, 9.17) is 4.74 Å². The molecule has 0 saturated carbocycles. The van der Waals surface area contributed by atoms with Crippen LogP contribution >= 0.6 is 0 Å². The Morgan fingerprint density at radius 2 is 1.96 bits per heavy atom. The van der Waals surface area contributed by atoms with E-state index in [1.54, 1.807) is 31.6 Å². The lowest BCUT2D eigenvalue weighted by atomic mass is 10.2. The average Bonchev–Trinajstić information content (AvgIpc) is 2.74. The van der Waals surface area contributed by atoms with Crippen LogP contribution in [0.4, 0.5) is 17.2 Å². The lowest BCUT2D eigenvalue weighted by Gasteiger charge is -2.12. The van der Waals surface area contributed by atoms with Gasteiger partial charge in [-0.1, -0.05) is 6.07 Å². The predicted molar refractivity (Wildman–Crippen MR) is 106 cm³/mol. The van der Waals surface area contributed by atoms with E-state index in [0.29, 0.717) is 28.3 Å². The molecule has 28 heavy (non-hydrogen) atoms. The van der Waals surface area contributed by atoms with Gasteiger partial charge >= 0.3 is 0 Å². The van der Waals surface area contributed by atoms with Gasteiger partial charge in [0.25, 0.3) is 5.69 Å². The number of nitro groups is 1. The van der Waals surface area contributed by atoms with Gasteiger partial charge in [0.1, 0.15) is 11.6 Å². The predicted octanol–water partition coefficient (Wildman–Crippen LogP) is 4.35. The number of hydrogen-bond acceptors (Lipinski definition) is 7. The van der Waals surface area contributed by atoms with Gasteiger partial charge in [0.05, 0.1) is 17.5 Å². The number of aromatic nitrogens is 3. The van der Waals surface area contributed by atoms with Gasteiger partial charge in [0.15, 0.2) is 5.82 Å². The number of nitrogens with zero attached hydrogens (tertiary/aromatic N) is 4. The third-order valence-electron chi connectivity index (χ3n) is 4.14. The molecule has 1 N–H and O–H groups in total. The molecule has 0 aliphatic heterocycles. The lowest BCUT2D eigenvalue weighted by molar-refractivity contribution is -0.384. The molecule has 0 aliphatic carbocycles. The minimum absolute atomic E-state index is 0.0288. The van der Waals surface area contributed by atoms with E-state index in [9.17, 15) is 10.1 Å². The van der Waals surface area contributed by atoms with E-state index in [1.165, 1.54) is 12.1 Å².